The molecule has 0 aliphatic carbocycles. The van der Waals surface area contributed by atoms with Crippen LogP contribution in [-0.4, -0.2) is 13.7 Å². The first-order valence-electron chi connectivity index (χ1n) is 6.95. The van der Waals surface area contributed by atoms with Gasteiger partial charge >= 0.3 is 0 Å². The minimum absolute atomic E-state index is 0.0993. The molecule has 0 saturated heterocycles. The van der Waals surface area contributed by atoms with Gasteiger partial charge in [-0.15, -0.1) is 0 Å². The number of halogens is 2. The zero-order valence-corrected chi connectivity index (χ0v) is 12.9. The summed E-state index contributed by atoms with van der Waals surface area (Å²) in [5.74, 6) is -0.0806. The van der Waals surface area contributed by atoms with Gasteiger partial charge in [-0.25, -0.2) is 4.39 Å². The summed E-state index contributed by atoms with van der Waals surface area (Å²) in [6.45, 7) is 2.89. The third-order valence-electron chi connectivity index (χ3n) is 3.35. The molecule has 0 spiro atoms. The second kappa shape index (κ2) is 7.48. The van der Waals surface area contributed by atoms with Crippen molar-refractivity contribution in [2.24, 2.45) is 0 Å². The average Bonchev–Trinajstić information content (AvgIpc) is 2.91. The number of methoxy groups -OCH3 is 1. The summed E-state index contributed by atoms with van der Waals surface area (Å²) in [7, 11) is 1.46. The molecule has 114 valence electrons. The molecule has 3 nitrogen and oxygen atoms in total. The summed E-state index contributed by atoms with van der Waals surface area (Å²) in [5, 5.41) is 3.71. The van der Waals surface area contributed by atoms with Crippen molar-refractivity contribution in [3.8, 4) is 5.75 Å². The molecule has 2 aromatic rings. The molecule has 0 bridgehead atoms. The van der Waals surface area contributed by atoms with Crippen molar-refractivity contribution in [1.29, 1.82) is 0 Å². The maximum atomic E-state index is 14.3. The number of hydrogen-bond donors (Lipinski definition) is 1. The molecule has 1 aromatic heterocycles. The summed E-state index contributed by atoms with van der Waals surface area (Å²) in [6, 6.07) is 6.86. The first-order chi connectivity index (χ1) is 10.2. The summed E-state index contributed by atoms with van der Waals surface area (Å²) < 4.78 is 24.5. The van der Waals surface area contributed by atoms with Crippen LogP contribution in [0, 0.1) is 5.82 Å². The molecule has 0 amide bonds. The maximum absolute atomic E-state index is 14.3. The largest absolute Gasteiger partial charge is 0.494 e. The van der Waals surface area contributed by atoms with E-state index in [0.717, 1.165) is 18.5 Å². The third kappa shape index (κ3) is 3.77. The van der Waals surface area contributed by atoms with E-state index in [2.05, 4.69) is 12.2 Å². The second-order valence-electron chi connectivity index (χ2n) is 4.79. The fourth-order valence-corrected chi connectivity index (χ4v) is 2.50. The quantitative estimate of drug-likeness (QED) is 0.825. The second-order valence-corrected chi connectivity index (χ2v) is 5.14. The van der Waals surface area contributed by atoms with Crippen LogP contribution in [0.15, 0.2) is 34.9 Å². The van der Waals surface area contributed by atoms with Crippen LogP contribution in [0.3, 0.4) is 0 Å². The molecule has 1 heterocycles. The highest BCUT2D eigenvalue weighted by atomic mass is 35.5. The smallest absolute Gasteiger partial charge is 0.197 e. The van der Waals surface area contributed by atoms with Crippen molar-refractivity contribution >= 4 is 11.6 Å². The fraction of sp³-hybridized carbons (Fsp3) is 0.375. The molecule has 1 N–H and O–H groups in total. The molecule has 0 aliphatic rings. The molecule has 21 heavy (non-hydrogen) atoms. The molecule has 1 unspecified atom stereocenters. The van der Waals surface area contributed by atoms with Crippen LogP contribution in [0.5, 0.6) is 5.75 Å². The summed E-state index contributed by atoms with van der Waals surface area (Å²) in [5.41, 5.74) is 1.42. The molecular weight excluding hydrogens is 293 g/mol. The lowest BCUT2D eigenvalue weighted by molar-refractivity contribution is 0.382. The summed E-state index contributed by atoms with van der Waals surface area (Å²) >= 11 is 6.05. The molecule has 1 aromatic carbocycles. The third-order valence-corrected chi connectivity index (χ3v) is 3.66. The average molecular weight is 312 g/mol. The molecule has 0 aliphatic heterocycles. The van der Waals surface area contributed by atoms with E-state index in [1.807, 2.05) is 6.07 Å². The van der Waals surface area contributed by atoms with E-state index < -0.39 is 0 Å². The van der Waals surface area contributed by atoms with Gasteiger partial charge in [0.15, 0.2) is 16.8 Å². The zero-order chi connectivity index (χ0) is 15.2. The van der Waals surface area contributed by atoms with Crippen molar-refractivity contribution in [2.45, 2.75) is 25.8 Å². The summed E-state index contributed by atoms with van der Waals surface area (Å²) in [4.78, 5) is 0. The van der Waals surface area contributed by atoms with Crippen molar-refractivity contribution in [1.82, 2.24) is 5.32 Å². The van der Waals surface area contributed by atoms with Crippen LogP contribution < -0.4 is 10.1 Å². The lowest BCUT2D eigenvalue weighted by atomic mass is 10.00. The first kappa shape index (κ1) is 15.9. The van der Waals surface area contributed by atoms with Crippen molar-refractivity contribution < 1.29 is 13.5 Å². The Labute approximate surface area is 129 Å². The van der Waals surface area contributed by atoms with Crippen molar-refractivity contribution in [3.63, 3.8) is 0 Å². The minimum atomic E-state index is -0.331. The SMILES string of the molecule is CCCNC(Cc1cccc(OC)c1F)c1ccoc1Cl. The van der Waals surface area contributed by atoms with Gasteiger partial charge in [-0.2, -0.15) is 0 Å². The molecular formula is C16H19ClFNO2. The summed E-state index contributed by atoms with van der Waals surface area (Å²) in [6.07, 6.45) is 3.00. The Hall–Kier alpha value is -1.52. The van der Waals surface area contributed by atoms with Gasteiger partial charge in [-0.05, 0) is 48.7 Å². The Bertz CT molecular complexity index is 585. The Morgan fingerprint density at radius 3 is 2.81 bits per heavy atom. The van der Waals surface area contributed by atoms with Gasteiger partial charge in [0.1, 0.15) is 0 Å². The highest BCUT2D eigenvalue weighted by Gasteiger charge is 2.19. The normalized spacial score (nSPS) is 12.4. The highest BCUT2D eigenvalue weighted by Crippen LogP contribution is 2.29. The highest BCUT2D eigenvalue weighted by molar-refractivity contribution is 6.29. The molecule has 5 heteroatoms. The minimum Gasteiger partial charge on any atom is -0.494 e. The molecule has 0 fully saturated rings. The van der Waals surface area contributed by atoms with Crippen LogP contribution in [0.1, 0.15) is 30.5 Å². The van der Waals surface area contributed by atoms with E-state index in [1.165, 1.54) is 7.11 Å². The monoisotopic (exact) mass is 311 g/mol. The Kier molecular flexibility index (Phi) is 5.65. The van der Waals surface area contributed by atoms with Crippen molar-refractivity contribution in [2.75, 3.05) is 13.7 Å². The van der Waals surface area contributed by atoms with E-state index in [9.17, 15) is 4.39 Å². The first-order valence-corrected chi connectivity index (χ1v) is 7.32. The standard InChI is InChI=1S/C16H19ClFNO2/c1-3-8-19-13(12-7-9-21-16(12)17)10-11-5-4-6-14(20-2)15(11)18/h4-7,9,13,19H,3,8,10H2,1-2H3. The van der Waals surface area contributed by atoms with E-state index in [-0.39, 0.29) is 17.6 Å². The van der Waals surface area contributed by atoms with Gasteiger partial charge in [0.25, 0.3) is 0 Å². The van der Waals surface area contributed by atoms with E-state index in [0.29, 0.717) is 17.2 Å². The predicted octanol–water partition coefficient (Wildman–Crippen LogP) is 4.36. The Morgan fingerprint density at radius 1 is 1.38 bits per heavy atom. The van der Waals surface area contributed by atoms with E-state index >= 15 is 0 Å². The van der Waals surface area contributed by atoms with Gasteiger partial charge in [0, 0.05) is 11.6 Å². The molecule has 1 atom stereocenters. The predicted molar refractivity (Wildman–Crippen MR) is 81.4 cm³/mol. The lowest BCUT2D eigenvalue weighted by Gasteiger charge is -2.18. The number of hydrogen-bond acceptors (Lipinski definition) is 3. The van der Waals surface area contributed by atoms with Crippen LogP contribution >= 0.6 is 11.6 Å². The van der Waals surface area contributed by atoms with Crippen LogP contribution in [0.4, 0.5) is 4.39 Å². The van der Waals surface area contributed by atoms with Gasteiger partial charge in [0.05, 0.1) is 13.4 Å². The maximum Gasteiger partial charge on any atom is 0.197 e. The van der Waals surface area contributed by atoms with E-state index in [4.69, 9.17) is 20.8 Å². The fourth-order valence-electron chi connectivity index (χ4n) is 2.26. The van der Waals surface area contributed by atoms with Gasteiger partial charge in [0.2, 0.25) is 0 Å². The van der Waals surface area contributed by atoms with E-state index in [1.54, 1.807) is 24.5 Å². The van der Waals surface area contributed by atoms with Gasteiger partial charge < -0.3 is 14.5 Å². The Balaban J connectivity index is 2.25. The van der Waals surface area contributed by atoms with Crippen molar-refractivity contribution in [3.05, 3.63) is 52.7 Å². The molecule has 2 rings (SSSR count). The Morgan fingerprint density at radius 2 is 2.19 bits per heavy atom. The van der Waals surface area contributed by atoms with Crippen LogP contribution in [0.2, 0.25) is 5.22 Å². The van der Waals surface area contributed by atoms with Crippen LogP contribution in [-0.2, 0) is 6.42 Å². The van der Waals surface area contributed by atoms with Gasteiger partial charge in [-0.3, -0.25) is 0 Å². The molecule has 0 saturated carbocycles. The topological polar surface area (TPSA) is 34.4 Å². The lowest BCUT2D eigenvalue weighted by Crippen LogP contribution is -2.24. The molecule has 0 radical (unpaired) electrons. The number of nitrogens with one attached hydrogen (secondary N) is 1. The number of benzene rings is 1. The van der Waals surface area contributed by atoms with Gasteiger partial charge in [-0.1, -0.05) is 19.1 Å². The number of rotatable bonds is 7. The number of furan rings is 1. The number of ether oxygens (including phenoxy) is 1. The van der Waals surface area contributed by atoms with Crippen LogP contribution in [0.25, 0.3) is 0 Å². The zero-order valence-electron chi connectivity index (χ0n) is 12.2.